The van der Waals surface area contributed by atoms with E-state index in [1.54, 1.807) is 0 Å². The Morgan fingerprint density at radius 3 is 2.38 bits per heavy atom. The van der Waals surface area contributed by atoms with Gasteiger partial charge < -0.3 is 5.11 Å². The molecule has 0 spiro atoms. The molecule has 2 heterocycles. The second-order valence-electron chi connectivity index (χ2n) is 6.11. The monoisotopic (exact) mass is 375 g/mol. The van der Waals surface area contributed by atoms with Crippen molar-refractivity contribution >= 4 is 5.97 Å². The van der Waals surface area contributed by atoms with Gasteiger partial charge in [0.15, 0.2) is 11.6 Å². The molecule has 0 bridgehead atoms. The second kappa shape index (κ2) is 6.67. The van der Waals surface area contributed by atoms with E-state index in [2.05, 4.69) is 5.10 Å². The molecule has 1 aromatic carbocycles. The molecule has 1 fully saturated rings. The Bertz CT molecular complexity index is 800. The number of para-hydroxylation sites is 1. The van der Waals surface area contributed by atoms with E-state index < -0.39 is 47.8 Å². The molecule has 1 aromatic heterocycles. The third-order valence-electron chi connectivity index (χ3n) is 4.33. The highest BCUT2D eigenvalue weighted by atomic mass is 19.4. The lowest BCUT2D eigenvalue weighted by Gasteiger charge is -2.18. The minimum atomic E-state index is -4.62. The molecule has 0 amide bonds. The van der Waals surface area contributed by atoms with Crippen LogP contribution in [0.1, 0.15) is 5.69 Å². The van der Waals surface area contributed by atoms with E-state index in [0.717, 1.165) is 16.8 Å². The minimum Gasteiger partial charge on any atom is -0.481 e. The van der Waals surface area contributed by atoms with Gasteiger partial charge in [0, 0.05) is 25.8 Å². The maximum Gasteiger partial charge on any atom is 0.393 e. The maximum absolute atomic E-state index is 13.8. The fraction of sp³-hybridized carbons (Fsp3) is 0.375. The van der Waals surface area contributed by atoms with Crippen LogP contribution in [0.5, 0.6) is 0 Å². The summed E-state index contributed by atoms with van der Waals surface area (Å²) in [6.45, 7) is -0.804. The average molecular weight is 375 g/mol. The molecule has 2 aromatic rings. The van der Waals surface area contributed by atoms with Crippen molar-refractivity contribution in [3.63, 3.8) is 0 Å². The van der Waals surface area contributed by atoms with Crippen molar-refractivity contribution in [1.82, 2.24) is 14.7 Å². The van der Waals surface area contributed by atoms with Crippen LogP contribution in [-0.2, 0) is 11.3 Å². The van der Waals surface area contributed by atoms with Crippen molar-refractivity contribution in [2.24, 2.45) is 11.8 Å². The molecular weight excluding hydrogens is 361 g/mol. The highest BCUT2D eigenvalue weighted by molar-refractivity contribution is 5.71. The number of carboxylic acids is 1. The number of halogens is 5. The lowest BCUT2D eigenvalue weighted by atomic mass is 9.96. The van der Waals surface area contributed by atoms with Gasteiger partial charge in [-0.05, 0) is 18.2 Å². The predicted molar refractivity (Wildman–Crippen MR) is 79.4 cm³/mol. The molecule has 5 nitrogen and oxygen atoms in total. The van der Waals surface area contributed by atoms with Crippen LogP contribution in [0.4, 0.5) is 22.0 Å². The molecule has 26 heavy (non-hydrogen) atoms. The lowest BCUT2D eigenvalue weighted by molar-refractivity contribution is -0.188. The van der Waals surface area contributed by atoms with Gasteiger partial charge in [-0.15, -0.1) is 0 Å². The first-order valence-electron chi connectivity index (χ1n) is 7.67. The van der Waals surface area contributed by atoms with Crippen LogP contribution in [0.25, 0.3) is 5.69 Å². The maximum atomic E-state index is 13.8. The zero-order valence-electron chi connectivity index (χ0n) is 13.2. The number of hydrogen-bond acceptors (Lipinski definition) is 3. The van der Waals surface area contributed by atoms with Crippen LogP contribution in [0.3, 0.4) is 0 Å². The normalized spacial score (nSPS) is 21.3. The number of likely N-dealkylation sites (tertiary alicyclic amines) is 1. The summed E-state index contributed by atoms with van der Waals surface area (Å²) >= 11 is 0. The average Bonchev–Trinajstić information content (AvgIpc) is 3.14. The smallest absolute Gasteiger partial charge is 0.393 e. The number of aromatic nitrogens is 2. The molecule has 0 unspecified atom stereocenters. The van der Waals surface area contributed by atoms with Gasteiger partial charge in [0.1, 0.15) is 5.69 Å². The largest absolute Gasteiger partial charge is 0.481 e. The summed E-state index contributed by atoms with van der Waals surface area (Å²) in [6.07, 6.45) is -3.32. The summed E-state index contributed by atoms with van der Waals surface area (Å²) in [7, 11) is 0. The third kappa shape index (κ3) is 3.55. The number of carbonyl (C=O) groups is 1. The number of rotatable bonds is 4. The zero-order chi connectivity index (χ0) is 19.1. The number of carboxylic acid groups (broad SMARTS) is 1. The molecule has 2 atom stereocenters. The Morgan fingerprint density at radius 1 is 1.19 bits per heavy atom. The van der Waals surface area contributed by atoms with Gasteiger partial charge in [-0.25, -0.2) is 13.5 Å². The summed E-state index contributed by atoms with van der Waals surface area (Å²) < 4.78 is 67.5. The first-order chi connectivity index (χ1) is 12.2. The van der Waals surface area contributed by atoms with Crippen LogP contribution in [0.2, 0.25) is 0 Å². The summed E-state index contributed by atoms with van der Waals surface area (Å²) in [4.78, 5) is 12.4. The third-order valence-corrected chi connectivity index (χ3v) is 4.33. The van der Waals surface area contributed by atoms with Crippen molar-refractivity contribution < 1.29 is 31.9 Å². The number of nitrogens with zero attached hydrogens (tertiary/aromatic N) is 3. The molecule has 1 aliphatic rings. The quantitative estimate of drug-likeness (QED) is 0.835. The highest BCUT2D eigenvalue weighted by Crippen LogP contribution is 2.38. The highest BCUT2D eigenvalue weighted by Gasteiger charge is 2.52. The van der Waals surface area contributed by atoms with Crippen molar-refractivity contribution in [3.05, 3.63) is 47.8 Å². The van der Waals surface area contributed by atoms with Gasteiger partial charge in [-0.2, -0.15) is 18.3 Å². The van der Waals surface area contributed by atoms with Crippen molar-refractivity contribution in [2.45, 2.75) is 12.7 Å². The fourth-order valence-corrected chi connectivity index (χ4v) is 3.10. The summed E-state index contributed by atoms with van der Waals surface area (Å²) in [5.41, 5.74) is -0.114. The van der Waals surface area contributed by atoms with Crippen LogP contribution < -0.4 is 0 Å². The molecule has 140 valence electrons. The Hall–Kier alpha value is -2.49. The van der Waals surface area contributed by atoms with Crippen molar-refractivity contribution in [2.75, 3.05) is 13.1 Å². The fourth-order valence-electron chi connectivity index (χ4n) is 3.10. The van der Waals surface area contributed by atoms with E-state index in [-0.39, 0.29) is 18.8 Å². The van der Waals surface area contributed by atoms with Gasteiger partial charge in [0.05, 0.1) is 17.5 Å². The van der Waals surface area contributed by atoms with Crippen LogP contribution in [-0.4, -0.2) is 45.0 Å². The molecule has 0 aliphatic carbocycles. The number of benzene rings is 1. The Kier molecular flexibility index (Phi) is 4.70. The summed E-state index contributed by atoms with van der Waals surface area (Å²) in [5.74, 6) is -6.69. The second-order valence-corrected chi connectivity index (χ2v) is 6.11. The van der Waals surface area contributed by atoms with Gasteiger partial charge in [0.25, 0.3) is 0 Å². The number of aliphatic carboxylic acids is 1. The topological polar surface area (TPSA) is 58.4 Å². The zero-order valence-corrected chi connectivity index (χ0v) is 13.2. The van der Waals surface area contributed by atoms with Crippen LogP contribution in [0, 0.1) is 23.5 Å². The summed E-state index contributed by atoms with van der Waals surface area (Å²) in [5, 5.41) is 13.0. The molecule has 1 saturated heterocycles. The standard InChI is InChI=1S/C16H14F5N3O2/c17-12-2-1-3-13(18)14(12)24-5-4-9(22-24)6-23-7-10(15(25)26)11(8-23)16(19,20)21/h1-5,10-11H,6-8H2,(H,25,26)/t10-,11-/m1/s1. The van der Waals surface area contributed by atoms with Crippen molar-refractivity contribution in [1.29, 1.82) is 0 Å². The Labute approximate surface area is 144 Å². The molecule has 10 heteroatoms. The van der Waals surface area contributed by atoms with Gasteiger partial charge in [0.2, 0.25) is 0 Å². The van der Waals surface area contributed by atoms with Gasteiger partial charge in [-0.1, -0.05) is 6.07 Å². The molecule has 1 aliphatic heterocycles. The Balaban J connectivity index is 1.77. The van der Waals surface area contributed by atoms with Gasteiger partial charge >= 0.3 is 12.1 Å². The van der Waals surface area contributed by atoms with E-state index in [0.29, 0.717) is 0 Å². The molecule has 3 rings (SSSR count). The van der Waals surface area contributed by atoms with E-state index in [4.69, 9.17) is 5.11 Å². The first kappa shape index (κ1) is 18.3. The minimum absolute atomic E-state index is 0.0561. The van der Waals surface area contributed by atoms with Gasteiger partial charge in [-0.3, -0.25) is 9.69 Å². The summed E-state index contributed by atoms with van der Waals surface area (Å²) in [6, 6.07) is 4.74. The van der Waals surface area contributed by atoms with Crippen LogP contribution in [0.15, 0.2) is 30.5 Å². The first-order valence-corrected chi connectivity index (χ1v) is 7.67. The predicted octanol–water partition coefficient (Wildman–Crippen LogP) is 2.85. The molecule has 0 saturated carbocycles. The molecule has 0 radical (unpaired) electrons. The van der Waals surface area contributed by atoms with E-state index in [1.165, 1.54) is 23.2 Å². The van der Waals surface area contributed by atoms with E-state index in [1.807, 2.05) is 0 Å². The molecule has 1 N–H and O–H groups in total. The van der Waals surface area contributed by atoms with Crippen LogP contribution >= 0.6 is 0 Å². The lowest BCUT2D eigenvalue weighted by Crippen LogP contribution is -2.33. The van der Waals surface area contributed by atoms with E-state index in [9.17, 15) is 26.7 Å². The van der Waals surface area contributed by atoms with Crippen molar-refractivity contribution in [3.8, 4) is 5.69 Å². The SMILES string of the molecule is O=C(O)[C@@H]1CN(Cc2ccn(-c3c(F)cccc3F)n2)C[C@H]1C(F)(F)F. The Morgan fingerprint density at radius 2 is 1.85 bits per heavy atom. The van der Waals surface area contributed by atoms with E-state index >= 15 is 0 Å². The number of hydrogen-bond donors (Lipinski definition) is 1. The number of alkyl halides is 3. The molecular formula is C16H14F5N3O2.